The first kappa shape index (κ1) is 15.4. The molecule has 1 aromatic carbocycles. The van der Waals surface area contributed by atoms with Gasteiger partial charge in [-0.25, -0.2) is 4.79 Å². The van der Waals surface area contributed by atoms with E-state index in [0.717, 1.165) is 5.56 Å². The number of carbonyl (C=O) groups excluding carboxylic acids is 2. The van der Waals surface area contributed by atoms with E-state index >= 15 is 0 Å². The molecule has 0 N–H and O–H groups in total. The smallest absolute Gasteiger partial charge is 0.374 e. The van der Waals surface area contributed by atoms with E-state index in [1.165, 1.54) is 12.7 Å². The molecule has 0 bridgehead atoms. The summed E-state index contributed by atoms with van der Waals surface area (Å²) in [6, 6.07) is 8.09. The van der Waals surface area contributed by atoms with Gasteiger partial charge in [-0.1, -0.05) is 36.8 Å². The molecule has 0 saturated carbocycles. The molecule has 4 nitrogen and oxygen atoms in total. The van der Waals surface area contributed by atoms with Crippen LogP contribution in [0.2, 0.25) is 0 Å². The topological polar surface area (TPSA) is 52.6 Å². The molecule has 0 unspecified atom stereocenters. The quantitative estimate of drug-likeness (QED) is 0.560. The predicted molar refractivity (Wildman–Crippen MR) is 71.6 cm³/mol. The molecule has 0 fully saturated rings. The zero-order chi connectivity index (χ0) is 14.3. The van der Waals surface area contributed by atoms with Gasteiger partial charge in [0.2, 0.25) is 5.78 Å². The van der Waals surface area contributed by atoms with Crippen LogP contribution in [-0.4, -0.2) is 25.5 Å². The van der Waals surface area contributed by atoms with E-state index in [1.54, 1.807) is 0 Å². The van der Waals surface area contributed by atoms with Gasteiger partial charge in [-0.3, -0.25) is 4.79 Å². The summed E-state index contributed by atoms with van der Waals surface area (Å²) >= 11 is 0. The lowest BCUT2D eigenvalue weighted by atomic mass is 10.1. The van der Waals surface area contributed by atoms with Crippen molar-refractivity contribution >= 4 is 11.8 Å². The van der Waals surface area contributed by atoms with Crippen LogP contribution in [0.5, 0.6) is 0 Å². The maximum Gasteiger partial charge on any atom is 0.374 e. The van der Waals surface area contributed by atoms with Crippen LogP contribution < -0.4 is 0 Å². The molecule has 1 atom stereocenters. The Morgan fingerprint density at radius 1 is 1.21 bits per heavy atom. The fourth-order valence-electron chi connectivity index (χ4n) is 1.63. The van der Waals surface area contributed by atoms with Gasteiger partial charge in [0, 0.05) is 6.42 Å². The van der Waals surface area contributed by atoms with E-state index in [0.29, 0.717) is 13.2 Å². The monoisotopic (exact) mass is 264 g/mol. The molecular weight excluding hydrogens is 244 g/mol. The summed E-state index contributed by atoms with van der Waals surface area (Å²) in [5.41, 5.74) is 2.30. The van der Waals surface area contributed by atoms with Gasteiger partial charge < -0.3 is 9.47 Å². The number of benzene rings is 1. The van der Waals surface area contributed by atoms with Crippen LogP contribution in [0.15, 0.2) is 24.3 Å². The molecule has 0 amide bonds. The van der Waals surface area contributed by atoms with Crippen molar-refractivity contribution in [2.75, 3.05) is 13.7 Å². The molecule has 0 aliphatic carbocycles. The molecule has 0 aromatic heterocycles. The minimum Gasteiger partial charge on any atom is -0.463 e. The van der Waals surface area contributed by atoms with Gasteiger partial charge in [-0.2, -0.15) is 0 Å². The minimum atomic E-state index is -0.787. The Bertz CT molecular complexity index is 422. The Balaban J connectivity index is 2.27. The van der Waals surface area contributed by atoms with Crippen LogP contribution in [0.25, 0.3) is 0 Å². The first-order valence-corrected chi connectivity index (χ1v) is 6.27. The number of esters is 1. The Morgan fingerprint density at radius 2 is 1.84 bits per heavy atom. The summed E-state index contributed by atoms with van der Waals surface area (Å²) in [6.07, 6.45) is 0.153. The first-order chi connectivity index (χ1) is 9.02. The highest BCUT2D eigenvalue weighted by Gasteiger charge is 2.17. The van der Waals surface area contributed by atoms with E-state index < -0.39 is 11.8 Å². The number of rotatable bonds is 7. The van der Waals surface area contributed by atoms with Gasteiger partial charge in [0.05, 0.1) is 20.3 Å². The molecular formula is C15H20O4. The average molecular weight is 264 g/mol. The first-order valence-electron chi connectivity index (χ1n) is 6.27. The SMILES string of the molecule is COC(=O)C(=O)C[C@@H](C)COCc1ccc(C)cc1. The molecule has 0 aliphatic rings. The Hall–Kier alpha value is -1.68. The predicted octanol–water partition coefficient (Wildman–Crippen LogP) is 2.28. The summed E-state index contributed by atoms with van der Waals surface area (Å²) in [4.78, 5) is 22.3. The Labute approximate surface area is 113 Å². The number of ketones is 1. The maximum atomic E-state index is 11.3. The summed E-state index contributed by atoms with van der Waals surface area (Å²) in [7, 11) is 1.21. The van der Waals surface area contributed by atoms with Crippen molar-refractivity contribution in [3.05, 3.63) is 35.4 Å². The number of hydrogen-bond donors (Lipinski definition) is 0. The second-order valence-corrected chi connectivity index (χ2v) is 4.72. The summed E-state index contributed by atoms with van der Waals surface area (Å²) in [5.74, 6) is -1.30. The molecule has 1 rings (SSSR count). The Morgan fingerprint density at radius 3 is 2.42 bits per heavy atom. The number of methoxy groups -OCH3 is 1. The molecule has 0 saturated heterocycles. The normalized spacial score (nSPS) is 11.9. The van der Waals surface area contributed by atoms with Crippen LogP contribution in [0.4, 0.5) is 0 Å². The van der Waals surface area contributed by atoms with E-state index in [4.69, 9.17) is 4.74 Å². The van der Waals surface area contributed by atoms with Crippen molar-refractivity contribution in [3.8, 4) is 0 Å². The van der Waals surface area contributed by atoms with Gasteiger partial charge in [-0.05, 0) is 18.4 Å². The highest BCUT2D eigenvalue weighted by Crippen LogP contribution is 2.08. The lowest BCUT2D eigenvalue weighted by Crippen LogP contribution is -2.20. The van der Waals surface area contributed by atoms with Gasteiger partial charge in [0.25, 0.3) is 0 Å². The second-order valence-electron chi connectivity index (χ2n) is 4.72. The number of aryl methyl sites for hydroxylation is 1. The van der Waals surface area contributed by atoms with Crippen molar-refractivity contribution in [2.24, 2.45) is 5.92 Å². The third-order valence-electron chi connectivity index (χ3n) is 2.74. The van der Waals surface area contributed by atoms with E-state index in [-0.39, 0.29) is 12.3 Å². The number of ether oxygens (including phenoxy) is 2. The largest absolute Gasteiger partial charge is 0.463 e. The molecule has 4 heteroatoms. The van der Waals surface area contributed by atoms with Crippen LogP contribution >= 0.6 is 0 Å². The summed E-state index contributed by atoms with van der Waals surface area (Å²) in [6.45, 7) is 4.86. The number of hydrogen-bond acceptors (Lipinski definition) is 4. The zero-order valence-corrected chi connectivity index (χ0v) is 11.6. The fraction of sp³-hybridized carbons (Fsp3) is 0.467. The van der Waals surface area contributed by atoms with Crippen molar-refractivity contribution in [3.63, 3.8) is 0 Å². The van der Waals surface area contributed by atoms with Crippen molar-refractivity contribution in [1.29, 1.82) is 0 Å². The molecule has 0 radical (unpaired) electrons. The van der Waals surface area contributed by atoms with Gasteiger partial charge in [0.1, 0.15) is 0 Å². The minimum absolute atomic E-state index is 0.00273. The van der Waals surface area contributed by atoms with E-state index in [9.17, 15) is 9.59 Å². The molecule has 1 aromatic rings. The molecule has 0 aliphatic heterocycles. The average Bonchev–Trinajstić information content (AvgIpc) is 2.40. The number of Topliss-reactive ketones (excluding diaryl/α,β-unsaturated/α-hetero) is 1. The highest BCUT2D eigenvalue weighted by atomic mass is 16.5. The number of carbonyl (C=O) groups is 2. The van der Waals surface area contributed by atoms with Gasteiger partial charge in [-0.15, -0.1) is 0 Å². The maximum absolute atomic E-state index is 11.3. The molecule has 19 heavy (non-hydrogen) atoms. The van der Waals surface area contributed by atoms with Crippen LogP contribution in [-0.2, 0) is 25.7 Å². The van der Waals surface area contributed by atoms with Gasteiger partial charge in [0.15, 0.2) is 0 Å². The van der Waals surface area contributed by atoms with Crippen LogP contribution in [0.3, 0.4) is 0 Å². The van der Waals surface area contributed by atoms with Crippen molar-refractivity contribution in [2.45, 2.75) is 26.9 Å². The summed E-state index contributed by atoms with van der Waals surface area (Å²) < 4.78 is 9.90. The summed E-state index contributed by atoms with van der Waals surface area (Å²) in [5, 5.41) is 0. The second kappa shape index (κ2) is 7.69. The Kier molecular flexibility index (Phi) is 6.22. The van der Waals surface area contributed by atoms with E-state index in [1.807, 2.05) is 38.1 Å². The van der Waals surface area contributed by atoms with Crippen LogP contribution in [0.1, 0.15) is 24.5 Å². The lowest BCUT2D eigenvalue weighted by molar-refractivity contribution is -0.152. The van der Waals surface area contributed by atoms with Gasteiger partial charge >= 0.3 is 5.97 Å². The van der Waals surface area contributed by atoms with Crippen molar-refractivity contribution in [1.82, 2.24) is 0 Å². The third-order valence-corrected chi connectivity index (χ3v) is 2.74. The van der Waals surface area contributed by atoms with Crippen LogP contribution in [0, 0.1) is 12.8 Å². The molecule has 0 spiro atoms. The molecule has 104 valence electrons. The standard InChI is InChI=1S/C15H20O4/c1-11-4-6-13(7-5-11)10-19-9-12(2)8-14(16)15(17)18-3/h4-7,12H,8-10H2,1-3H3/t12-/m1/s1. The highest BCUT2D eigenvalue weighted by molar-refractivity contribution is 6.33. The zero-order valence-electron chi connectivity index (χ0n) is 11.6. The van der Waals surface area contributed by atoms with Crippen molar-refractivity contribution < 1.29 is 19.1 Å². The fourth-order valence-corrected chi connectivity index (χ4v) is 1.63. The lowest BCUT2D eigenvalue weighted by Gasteiger charge is -2.10. The molecule has 0 heterocycles. The van der Waals surface area contributed by atoms with E-state index in [2.05, 4.69) is 4.74 Å². The third kappa shape index (κ3) is 5.66.